The van der Waals surface area contributed by atoms with Crippen LogP contribution in [-0.4, -0.2) is 35.5 Å². The number of rotatable bonds is 5. The minimum atomic E-state index is -0.783. The molecule has 27 heavy (non-hydrogen) atoms. The number of aryl methyl sites for hydroxylation is 1. The third-order valence-electron chi connectivity index (χ3n) is 4.73. The number of carbonyl (C=O) groups excluding carboxylic acids is 2. The van der Waals surface area contributed by atoms with Crippen LogP contribution in [0.1, 0.15) is 18.1 Å². The van der Waals surface area contributed by atoms with E-state index in [0.29, 0.717) is 24.6 Å². The molecule has 0 spiro atoms. The Hall–Kier alpha value is -3.22. The molecule has 138 valence electrons. The zero-order valence-corrected chi connectivity index (χ0v) is 15.2. The predicted molar refractivity (Wildman–Crippen MR) is 99.3 cm³/mol. The zero-order chi connectivity index (χ0) is 19.0. The molecule has 2 heterocycles. The van der Waals surface area contributed by atoms with Crippen LogP contribution in [0.4, 0.5) is 5.69 Å². The van der Waals surface area contributed by atoms with E-state index >= 15 is 0 Å². The van der Waals surface area contributed by atoms with Crippen molar-refractivity contribution in [3.8, 4) is 5.75 Å². The smallest absolute Gasteiger partial charge is 0.263 e. The van der Waals surface area contributed by atoms with Gasteiger partial charge in [0.05, 0.1) is 18.8 Å². The van der Waals surface area contributed by atoms with Gasteiger partial charge >= 0.3 is 0 Å². The number of hydrogen-bond donors (Lipinski definition) is 0. The average molecular weight is 364 g/mol. The number of amides is 2. The summed E-state index contributed by atoms with van der Waals surface area (Å²) in [6.07, 6.45) is 0. The first-order chi connectivity index (χ1) is 13.1. The first kappa shape index (κ1) is 17.2. The number of imide groups is 1. The molecule has 2 aliphatic rings. The molecule has 4 rings (SSSR count). The maximum absolute atomic E-state index is 13.0. The normalized spacial score (nSPS) is 21.1. The van der Waals surface area contributed by atoms with E-state index in [2.05, 4.69) is 10.3 Å². The second-order valence-corrected chi connectivity index (χ2v) is 6.62. The van der Waals surface area contributed by atoms with E-state index in [4.69, 9.17) is 4.74 Å². The molecule has 0 aromatic heterocycles. The molecule has 7 heteroatoms. The van der Waals surface area contributed by atoms with Gasteiger partial charge in [-0.3, -0.25) is 14.6 Å². The van der Waals surface area contributed by atoms with Crippen molar-refractivity contribution in [3.63, 3.8) is 0 Å². The second-order valence-electron chi connectivity index (χ2n) is 6.62. The van der Waals surface area contributed by atoms with E-state index in [1.807, 2.05) is 38.1 Å². The van der Waals surface area contributed by atoms with Crippen LogP contribution < -0.4 is 9.64 Å². The lowest BCUT2D eigenvalue weighted by atomic mass is 10.1. The number of benzene rings is 2. The summed E-state index contributed by atoms with van der Waals surface area (Å²) in [5, 5.41) is 9.74. The number of nitrogens with zero attached hydrogens (tertiary/aromatic N) is 4. The molecule has 0 unspecified atom stereocenters. The van der Waals surface area contributed by atoms with Crippen molar-refractivity contribution in [2.75, 3.05) is 11.5 Å². The minimum absolute atomic E-state index is 0.300. The van der Waals surface area contributed by atoms with Crippen LogP contribution in [-0.2, 0) is 16.1 Å². The highest BCUT2D eigenvalue weighted by Crippen LogP contribution is 2.33. The van der Waals surface area contributed by atoms with Crippen molar-refractivity contribution in [3.05, 3.63) is 59.7 Å². The van der Waals surface area contributed by atoms with Gasteiger partial charge in [0.15, 0.2) is 12.1 Å². The standard InChI is InChI=1S/C20H20N4O3/c1-3-27-16-10-8-15(9-11-16)24-19(25)17-18(20(24)26)23(22-21-17)12-14-6-4-13(2)5-7-14/h4-11,17-18H,3,12H2,1-2H3/t17-,18-/m0/s1. The van der Waals surface area contributed by atoms with Gasteiger partial charge in [-0.25, -0.2) is 4.90 Å². The molecule has 0 N–H and O–H groups in total. The summed E-state index contributed by atoms with van der Waals surface area (Å²) in [6.45, 7) is 4.90. The van der Waals surface area contributed by atoms with Gasteiger partial charge in [0.1, 0.15) is 5.75 Å². The van der Waals surface area contributed by atoms with E-state index in [9.17, 15) is 9.59 Å². The van der Waals surface area contributed by atoms with Crippen molar-refractivity contribution >= 4 is 17.5 Å². The van der Waals surface area contributed by atoms with E-state index in [0.717, 1.165) is 11.1 Å². The highest BCUT2D eigenvalue weighted by atomic mass is 16.5. The first-order valence-corrected chi connectivity index (χ1v) is 8.92. The Morgan fingerprint density at radius 1 is 1.00 bits per heavy atom. The molecular formula is C20H20N4O3. The third-order valence-corrected chi connectivity index (χ3v) is 4.73. The zero-order valence-electron chi connectivity index (χ0n) is 15.2. The van der Waals surface area contributed by atoms with Crippen molar-refractivity contribution < 1.29 is 14.3 Å². The summed E-state index contributed by atoms with van der Waals surface area (Å²) in [4.78, 5) is 26.9. The van der Waals surface area contributed by atoms with Gasteiger partial charge < -0.3 is 4.74 Å². The van der Waals surface area contributed by atoms with E-state index in [1.165, 1.54) is 4.90 Å². The minimum Gasteiger partial charge on any atom is -0.494 e. The van der Waals surface area contributed by atoms with Gasteiger partial charge in [-0.2, -0.15) is 5.11 Å². The largest absolute Gasteiger partial charge is 0.494 e. The molecule has 2 amide bonds. The molecular weight excluding hydrogens is 344 g/mol. The predicted octanol–water partition coefficient (Wildman–Crippen LogP) is 2.89. The summed E-state index contributed by atoms with van der Waals surface area (Å²) in [5.74, 6) is 0.0526. The molecule has 0 radical (unpaired) electrons. The van der Waals surface area contributed by atoms with Gasteiger partial charge in [0.25, 0.3) is 11.8 Å². The second kappa shape index (κ2) is 6.83. The molecule has 0 saturated carbocycles. The Labute approximate surface area is 157 Å². The van der Waals surface area contributed by atoms with Gasteiger partial charge in [0, 0.05) is 0 Å². The highest BCUT2D eigenvalue weighted by Gasteiger charge is 2.54. The van der Waals surface area contributed by atoms with Crippen LogP contribution in [0, 0.1) is 6.92 Å². The van der Waals surface area contributed by atoms with Crippen LogP contribution in [0.3, 0.4) is 0 Å². The SMILES string of the molecule is CCOc1ccc(N2C(=O)[C@H]3N=NN(Cc4ccc(C)cc4)[C@@H]3C2=O)cc1. The summed E-state index contributed by atoms with van der Waals surface area (Å²) < 4.78 is 5.41. The van der Waals surface area contributed by atoms with Gasteiger partial charge in [-0.1, -0.05) is 35.1 Å². The van der Waals surface area contributed by atoms with Crippen LogP contribution in [0.15, 0.2) is 58.9 Å². The van der Waals surface area contributed by atoms with Crippen molar-refractivity contribution in [1.29, 1.82) is 0 Å². The monoisotopic (exact) mass is 364 g/mol. The molecule has 2 atom stereocenters. The lowest BCUT2D eigenvalue weighted by Gasteiger charge is -2.20. The molecule has 2 aliphatic heterocycles. The lowest BCUT2D eigenvalue weighted by molar-refractivity contribution is -0.123. The Kier molecular flexibility index (Phi) is 4.35. The number of hydrogen-bond acceptors (Lipinski definition) is 6. The average Bonchev–Trinajstić information content (AvgIpc) is 3.18. The highest BCUT2D eigenvalue weighted by molar-refractivity contribution is 6.25. The third kappa shape index (κ3) is 3.05. The van der Waals surface area contributed by atoms with Crippen LogP contribution in [0.2, 0.25) is 0 Å². The number of carbonyl (C=O) groups is 2. The first-order valence-electron chi connectivity index (χ1n) is 8.92. The Bertz CT molecular complexity index is 892. The number of ether oxygens (including phenoxy) is 1. The maximum atomic E-state index is 13.0. The molecule has 1 saturated heterocycles. The fraction of sp³-hybridized carbons (Fsp3) is 0.300. The summed E-state index contributed by atoms with van der Waals surface area (Å²) in [6, 6.07) is 13.4. The Balaban J connectivity index is 1.55. The van der Waals surface area contributed by atoms with Gasteiger partial charge in [0.2, 0.25) is 0 Å². The van der Waals surface area contributed by atoms with Gasteiger partial charge in [-0.05, 0) is 43.7 Å². The van der Waals surface area contributed by atoms with Crippen molar-refractivity contribution in [1.82, 2.24) is 5.01 Å². The van der Waals surface area contributed by atoms with Crippen molar-refractivity contribution in [2.45, 2.75) is 32.5 Å². The summed E-state index contributed by atoms with van der Waals surface area (Å²) in [7, 11) is 0. The summed E-state index contributed by atoms with van der Waals surface area (Å²) in [5.41, 5.74) is 2.70. The molecule has 2 aromatic carbocycles. The molecule has 0 aliphatic carbocycles. The van der Waals surface area contributed by atoms with E-state index in [-0.39, 0.29) is 11.8 Å². The molecule has 7 nitrogen and oxygen atoms in total. The van der Waals surface area contributed by atoms with Crippen molar-refractivity contribution in [2.24, 2.45) is 10.3 Å². The number of fused-ring (bicyclic) bond motifs is 1. The lowest BCUT2D eigenvalue weighted by Crippen LogP contribution is -2.39. The molecule has 0 bridgehead atoms. The van der Waals surface area contributed by atoms with E-state index < -0.39 is 12.1 Å². The van der Waals surface area contributed by atoms with Crippen LogP contribution in [0.25, 0.3) is 0 Å². The molecule has 2 aromatic rings. The van der Waals surface area contributed by atoms with Crippen LogP contribution >= 0.6 is 0 Å². The maximum Gasteiger partial charge on any atom is 0.263 e. The fourth-order valence-corrected chi connectivity index (χ4v) is 3.35. The number of anilines is 1. The molecule has 1 fully saturated rings. The summed E-state index contributed by atoms with van der Waals surface area (Å²) >= 11 is 0. The topological polar surface area (TPSA) is 74.6 Å². The Morgan fingerprint density at radius 3 is 2.37 bits per heavy atom. The van der Waals surface area contributed by atoms with Crippen LogP contribution in [0.5, 0.6) is 5.75 Å². The quantitative estimate of drug-likeness (QED) is 0.765. The van der Waals surface area contributed by atoms with E-state index in [1.54, 1.807) is 29.3 Å². The van der Waals surface area contributed by atoms with Gasteiger partial charge in [-0.15, -0.1) is 0 Å². The fourth-order valence-electron chi connectivity index (χ4n) is 3.35. The Morgan fingerprint density at radius 2 is 1.70 bits per heavy atom.